The van der Waals surface area contributed by atoms with Crippen LogP contribution in [0, 0.1) is 6.92 Å². The van der Waals surface area contributed by atoms with Crippen LogP contribution in [0.5, 0.6) is 0 Å². The van der Waals surface area contributed by atoms with Crippen molar-refractivity contribution in [1.82, 2.24) is 4.98 Å². The summed E-state index contributed by atoms with van der Waals surface area (Å²) in [5.74, 6) is 0.760. The molecule has 1 atom stereocenters. The van der Waals surface area contributed by atoms with Gasteiger partial charge in [0.2, 0.25) is 0 Å². The van der Waals surface area contributed by atoms with E-state index in [1.165, 1.54) is 0 Å². The number of pyridine rings is 1. The van der Waals surface area contributed by atoms with Crippen LogP contribution in [-0.4, -0.2) is 21.4 Å². The Hall–Kier alpha value is -2.01. The summed E-state index contributed by atoms with van der Waals surface area (Å²) >= 11 is 0. The lowest BCUT2D eigenvalue weighted by atomic mass is 10.1. The Balaban J connectivity index is 2.15. The highest BCUT2D eigenvalue weighted by Gasteiger charge is 2.08. The average molecular weight is 288 g/mol. The van der Waals surface area contributed by atoms with Gasteiger partial charge in [0, 0.05) is 34.6 Å². The van der Waals surface area contributed by atoms with Crippen molar-refractivity contribution < 1.29 is 9.00 Å². The fraction of sp³-hybridized carbons (Fsp3) is 0.200. The summed E-state index contributed by atoms with van der Waals surface area (Å²) in [5, 5.41) is 2.75. The molecule has 2 rings (SSSR count). The molecule has 0 spiro atoms. The number of anilines is 1. The Kier molecular flexibility index (Phi) is 4.63. The van der Waals surface area contributed by atoms with Crippen LogP contribution in [0.2, 0.25) is 0 Å². The molecule has 0 aliphatic rings. The molecule has 1 aromatic heterocycles. The standard InChI is InChI=1S/C15H16N2O2S/c1-11-6-7-16-14(8-11)17-15(18)13-5-3-4-12(9-13)10-20(2)19/h3-9H,10H2,1-2H3,(H,16,17,18)/t20-/m1/s1. The van der Waals surface area contributed by atoms with Gasteiger partial charge in [0.25, 0.3) is 5.91 Å². The zero-order chi connectivity index (χ0) is 14.5. The predicted molar refractivity (Wildman–Crippen MR) is 81.1 cm³/mol. The number of aryl methyl sites for hydroxylation is 1. The third-order valence-electron chi connectivity index (χ3n) is 2.72. The van der Waals surface area contributed by atoms with Crippen molar-refractivity contribution in [3.63, 3.8) is 0 Å². The Morgan fingerprint density at radius 1 is 1.30 bits per heavy atom. The van der Waals surface area contributed by atoms with Crippen molar-refractivity contribution in [2.24, 2.45) is 0 Å². The van der Waals surface area contributed by atoms with E-state index in [1.54, 1.807) is 30.7 Å². The molecule has 2 aromatic rings. The molecule has 1 N–H and O–H groups in total. The Morgan fingerprint density at radius 3 is 2.80 bits per heavy atom. The van der Waals surface area contributed by atoms with E-state index in [9.17, 15) is 9.00 Å². The highest BCUT2D eigenvalue weighted by molar-refractivity contribution is 7.83. The molecule has 0 aliphatic heterocycles. The zero-order valence-electron chi connectivity index (χ0n) is 11.4. The minimum absolute atomic E-state index is 0.216. The molecule has 4 nitrogen and oxygen atoms in total. The third-order valence-corrected chi connectivity index (χ3v) is 3.46. The number of nitrogens with one attached hydrogen (secondary N) is 1. The molecule has 0 saturated heterocycles. The van der Waals surface area contributed by atoms with Gasteiger partial charge >= 0.3 is 0 Å². The summed E-state index contributed by atoms with van der Waals surface area (Å²) < 4.78 is 11.2. The van der Waals surface area contributed by atoms with E-state index in [4.69, 9.17) is 0 Å². The topological polar surface area (TPSA) is 59.1 Å². The van der Waals surface area contributed by atoms with Crippen LogP contribution >= 0.6 is 0 Å². The molecule has 20 heavy (non-hydrogen) atoms. The molecule has 1 aromatic carbocycles. The zero-order valence-corrected chi connectivity index (χ0v) is 12.2. The van der Waals surface area contributed by atoms with Gasteiger partial charge in [-0.15, -0.1) is 0 Å². The lowest BCUT2D eigenvalue weighted by molar-refractivity contribution is 0.102. The Bertz CT molecular complexity index is 656. The van der Waals surface area contributed by atoms with Crippen LogP contribution in [0.3, 0.4) is 0 Å². The molecule has 0 fully saturated rings. The molecule has 1 heterocycles. The fourth-order valence-corrected chi connectivity index (χ4v) is 2.48. The van der Waals surface area contributed by atoms with Gasteiger partial charge in [-0.1, -0.05) is 12.1 Å². The largest absolute Gasteiger partial charge is 0.307 e. The molecule has 0 bridgehead atoms. The van der Waals surface area contributed by atoms with Crippen molar-refractivity contribution in [3.8, 4) is 0 Å². The number of carbonyl (C=O) groups is 1. The van der Waals surface area contributed by atoms with Gasteiger partial charge in [-0.3, -0.25) is 9.00 Å². The van der Waals surface area contributed by atoms with Crippen LogP contribution < -0.4 is 5.32 Å². The number of benzene rings is 1. The molecule has 104 valence electrons. The van der Waals surface area contributed by atoms with Crippen molar-refractivity contribution in [2.75, 3.05) is 11.6 Å². The van der Waals surface area contributed by atoms with Gasteiger partial charge in [-0.2, -0.15) is 0 Å². The van der Waals surface area contributed by atoms with Gasteiger partial charge in [0.15, 0.2) is 0 Å². The quantitative estimate of drug-likeness (QED) is 0.940. The lowest BCUT2D eigenvalue weighted by Crippen LogP contribution is -2.13. The van der Waals surface area contributed by atoms with Gasteiger partial charge < -0.3 is 5.32 Å². The van der Waals surface area contributed by atoms with Gasteiger partial charge in [-0.25, -0.2) is 4.98 Å². The van der Waals surface area contributed by atoms with E-state index in [1.807, 2.05) is 25.1 Å². The summed E-state index contributed by atoms with van der Waals surface area (Å²) in [6.45, 7) is 1.94. The lowest BCUT2D eigenvalue weighted by Gasteiger charge is -2.06. The summed E-state index contributed by atoms with van der Waals surface area (Å²) in [6, 6.07) is 10.8. The van der Waals surface area contributed by atoms with Crippen molar-refractivity contribution in [1.29, 1.82) is 0 Å². The van der Waals surface area contributed by atoms with E-state index in [-0.39, 0.29) is 5.91 Å². The van der Waals surface area contributed by atoms with Crippen LogP contribution in [0.4, 0.5) is 5.82 Å². The molecule has 0 unspecified atom stereocenters. The maximum Gasteiger partial charge on any atom is 0.256 e. The second-order valence-corrected chi connectivity index (χ2v) is 6.03. The minimum Gasteiger partial charge on any atom is -0.307 e. The molecular weight excluding hydrogens is 272 g/mol. The number of amides is 1. The van der Waals surface area contributed by atoms with Crippen molar-refractivity contribution >= 4 is 22.5 Å². The predicted octanol–water partition coefficient (Wildman–Crippen LogP) is 2.52. The summed E-state index contributed by atoms with van der Waals surface area (Å²) in [5.41, 5.74) is 2.46. The first-order valence-electron chi connectivity index (χ1n) is 6.17. The van der Waals surface area contributed by atoms with Crippen molar-refractivity contribution in [3.05, 3.63) is 59.3 Å². The highest BCUT2D eigenvalue weighted by atomic mass is 32.2. The average Bonchev–Trinajstić information content (AvgIpc) is 2.38. The van der Waals surface area contributed by atoms with Crippen LogP contribution in [0.1, 0.15) is 21.5 Å². The SMILES string of the molecule is Cc1ccnc(NC(=O)c2cccc(C[S@@](C)=O)c2)c1. The molecule has 5 heteroatoms. The van der Waals surface area contributed by atoms with Crippen LogP contribution in [0.15, 0.2) is 42.6 Å². The van der Waals surface area contributed by atoms with E-state index < -0.39 is 10.8 Å². The summed E-state index contributed by atoms with van der Waals surface area (Å²) in [4.78, 5) is 16.2. The third kappa shape index (κ3) is 3.99. The summed E-state index contributed by atoms with van der Waals surface area (Å²) in [7, 11) is -0.923. The van der Waals surface area contributed by atoms with Crippen molar-refractivity contribution in [2.45, 2.75) is 12.7 Å². The molecule has 0 saturated carbocycles. The van der Waals surface area contributed by atoms with E-state index in [2.05, 4.69) is 10.3 Å². The maximum absolute atomic E-state index is 12.1. The Morgan fingerprint density at radius 2 is 2.10 bits per heavy atom. The monoisotopic (exact) mass is 288 g/mol. The molecule has 0 aliphatic carbocycles. The number of carbonyl (C=O) groups excluding carboxylic acids is 1. The first-order chi connectivity index (χ1) is 9.54. The number of hydrogen-bond donors (Lipinski definition) is 1. The number of nitrogens with zero attached hydrogens (tertiary/aromatic N) is 1. The van der Waals surface area contributed by atoms with Crippen LogP contribution in [-0.2, 0) is 16.6 Å². The first kappa shape index (κ1) is 14.4. The minimum atomic E-state index is -0.923. The number of aromatic nitrogens is 1. The summed E-state index contributed by atoms with van der Waals surface area (Å²) in [6.07, 6.45) is 3.30. The molecule has 0 radical (unpaired) electrons. The molecule has 1 amide bonds. The highest BCUT2D eigenvalue weighted by Crippen LogP contribution is 2.11. The van der Waals surface area contributed by atoms with E-state index in [0.717, 1.165) is 11.1 Å². The van der Waals surface area contributed by atoms with Gasteiger partial charge in [-0.05, 0) is 42.3 Å². The smallest absolute Gasteiger partial charge is 0.256 e. The maximum atomic E-state index is 12.1. The second-order valence-electron chi connectivity index (χ2n) is 4.59. The Labute approximate surface area is 120 Å². The van der Waals surface area contributed by atoms with Gasteiger partial charge in [0.1, 0.15) is 5.82 Å². The van der Waals surface area contributed by atoms with Crippen LogP contribution in [0.25, 0.3) is 0 Å². The number of hydrogen-bond acceptors (Lipinski definition) is 3. The van der Waals surface area contributed by atoms with E-state index in [0.29, 0.717) is 17.1 Å². The molecular formula is C15H16N2O2S. The fourth-order valence-electron chi connectivity index (χ4n) is 1.83. The van der Waals surface area contributed by atoms with Gasteiger partial charge in [0.05, 0.1) is 0 Å². The second kappa shape index (κ2) is 6.43. The first-order valence-corrected chi connectivity index (χ1v) is 7.90. The van der Waals surface area contributed by atoms with E-state index >= 15 is 0 Å². The normalized spacial score (nSPS) is 11.9. The number of rotatable bonds is 4.